The van der Waals surface area contributed by atoms with Crippen molar-refractivity contribution < 1.29 is 46.6 Å². The van der Waals surface area contributed by atoms with Gasteiger partial charge in [-0.2, -0.15) is 18.2 Å². The molecule has 1 N–H and O–H groups in total. The predicted octanol–water partition coefficient (Wildman–Crippen LogP) is 6.20. The van der Waals surface area contributed by atoms with Crippen LogP contribution in [-0.2, 0) is 25.4 Å². The van der Waals surface area contributed by atoms with E-state index < -0.39 is 82.1 Å². The van der Waals surface area contributed by atoms with Crippen molar-refractivity contribution in [3.8, 4) is 5.75 Å². The third-order valence-electron chi connectivity index (χ3n) is 10.7. The second-order valence-electron chi connectivity index (χ2n) is 13.4. The molecule has 52 heavy (non-hydrogen) atoms. The van der Waals surface area contributed by atoms with Gasteiger partial charge in [-0.15, -0.1) is 0 Å². The molecular weight excluding hydrogens is 731 g/mol. The number of nitrogens with zero attached hydrogens (tertiary/aromatic N) is 4. The van der Waals surface area contributed by atoms with Crippen molar-refractivity contribution in [1.29, 1.82) is 0 Å². The molecule has 1 aromatic heterocycles. The number of allylic oxidation sites excluding steroid dienone is 2. The van der Waals surface area contributed by atoms with Gasteiger partial charge in [-0.1, -0.05) is 53.1 Å². The number of hydrazine groups is 1. The van der Waals surface area contributed by atoms with E-state index in [4.69, 9.17) is 27.9 Å². The number of hydrogen-bond acceptors (Lipinski definition) is 8. The molecule has 2 aromatic carbocycles. The number of rotatable bonds is 7. The number of pyridine rings is 1. The van der Waals surface area contributed by atoms with Crippen LogP contribution >= 0.6 is 23.2 Å². The minimum atomic E-state index is -4.83. The fourth-order valence-corrected chi connectivity index (χ4v) is 8.83. The average molecular weight is 762 g/mol. The topological polar surface area (TPSA) is 120 Å². The van der Waals surface area contributed by atoms with Crippen molar-refractivity contribution in [3.63, 3.8) is 0 Å². The first kappa shape index (κ1) is 35.9. The Morgan fingerprint density at radius 1 is 1.00 bits per heavy atom. The van der Waals surface area contributed by atoms with Crippen molar-refractivity contribution in [2.75, 3.05) is 30.2 Å². The van der Waals surface area contributed by atoms with Gasteiger partial charge < -0.3 is 9.84 Å². The summed E-state index contributed by atoms with van der Waals surface area (Å²) in [5, 5.41) is 10.7. The quantitative estimate of drug-likeness (QED) is 0.172. The number of para-hydroxylation sites is 1. The Morgan fingerprint density at radius 2 is 1.73 bits per heavy atom. The molecule has 3 fully saturated rings. The zero-order chi connectivity index (χ0) is 37.4. The Hall–Kier alpha value is -4.53. The number of carbonyl (C=O) groups excluding carboxylic acids is 4. The maximum absolute atomic E-state index is 14.6. The standard InChI is InChI=1S/C36H30Cl2F4N4O6/c1-35-22(32(49)45(34(35)51)17-7-11-25(39)24(38)15-17)16-21-18(29(35)19-5-3-4-6-26(19)52-14-13-47)8-9-20-28(21)33(50)46(31(20)48)44(2)30-23(37)10-12-27(43-30)36(40,41)42/h3-8,10-12,15,20-22,28-29,47H,9,13-14,16H2,1-2H3/t20-,21+,22-,28-,29+,35+/m0/s1. The number of fused-ring (bicyclic) bond motifs is 4. The van der Waals surface area contributed by atoms with E-state index in [-0.39, 0.29) is 41.8 Å². The SMILES string of the molecule is CN(c1nc(C(F)(F)F)ccc1Cl)N1C(=O)[C@H]2[C@H](CC=C3[C@H]2C[C@H]2C(=O)N(c4ccc(F)c(Cl)c4)C(=O)[C@@]2(C)[C@H]3c2ccccc2OCCO)C1=O. The minimum Gasteiger partial charge on any atom is -0.491 e. The summed E-state index contributed by atoms with van der Waals surface area (Å²) >= 11 is 12.3. The summed E-state index contributed by atoms with van der Waals surface area (Å²) in [6, 6.07) is 12.0. The van der Waals surface area contributed by atoms with Gasteiger partial charge in [-0.25, -0.2) is 14.3 Å². The van der Waals surface area contributed by atoms with E-state index in [0.29, 0.717) is 23.0 Å². The van der Waals surface area contributed by atoms with Gasteiger partial charge in [0.1, 0.15) is 23.9 Å². The van der Waals surface area contributed by atoms with Gasteiger partial charge in [0.2, 0.25) is 11.8 Å². The van der Waals surface area contributed by atoms with E-state index in [0.717, 1.165) is 27.1 Å². The molecule has 2 aliphatic heterocycles. The van der Waals surface area contributed by atoms with Gasteiger partial charge in [0, 0.05) is 18.5 Å². The first-order valence-electron chi connectivity index (χ1n) is 16.3. The Kier molecular flexibility index (Phi) is 8.86. The highest BCUT2D eigenvalue weighted by atomic mass is 35.5. The lowest BCUT2D eigenvalue weighted by atomic mass is 9.51. The summed E-state index contributed by atoms with van der Waals surface area (Å²) < 4.78 is 60.8. The van der Waals surface area contributed by atoms with Gasteiger partial charge in [0.15, 0.2) is 5.82 Å². The number of aliphatic hydroxyl groups is 1. The number of halogens is 6. The molecule has 2 saturated heterocycles. The predicted molar refractivity (Wildman–Crippen MR) is 180 cm³/mol. The number of amides is 4. The fraction of sp³-hybridized carbons (Fsp3) is 0.361. The minimum absolute atomic E-state index is 0.0329. The van der Waals surface area contributed by atoms with Gasteiger partial charge in [-0.3, -0.25) is 24.2 Å². The lowest BCUT2D eigenvalue weighted by Gasteiger charge is -2.49. The summed E-state index contributed by atoms with van der Waals surface area (Å²) in [4.78, 5) is 62.0. The van der Waals surface area contributed by atoms with E-state index in [1.165, 1.54) is 19.2 Å². The number of aromatic nitrogens is 1. The number of imide groups is 2. The van der Waals surface area contributed by atoms with Crippen molar-refractivity contribution in [2.45, 2.75) is 31.9 Å². The van der Waals surface area contributed by atoms with Crippen molar-refractivity contribution in [2.24, 2.45) is 29.1 Å². The highest BCUT2D eigenvalue weighted by molar-refractivity contribution is 6.33. The van der Waals surface area contributed by atoms with Crippen LogP contribution in [0.3, 0.4) is 0 Å². The lowest BCUT2D eigenvalue weighted by molar-refractivity contribution is -0.141. The monoisotopic (exact) mass is 760 g/mol. The average Bonchev–Trinajstić information content (AvgIpc) is 3.47. The fourth-order valence-electron chi connectivity index (χ4n) is 8.43. The Labute approximate surface area is 304 Å². The van der Waals surface area contributed by atoms with Crippen LogP contribution in [0.4, 0.5) is 29.1 Å². The molecule has 0 bridgehead atoms. The van der Waals surface area contributed by atoms with Crippen LogP contribution in [0.5, 0.6) is 5.75 Å². The molecule has 10 nitrogen and oxygen atoms in total. The van der Waals surface area contributed by atoms with Crippen LogP contribution in [-0.4, -0.2) is 59.0 Å². The highest BCUT2D eigenvalue weighted by Crippen LogP contribution is 2.64. The van der Waals surface area contributed by atoms with E-state index in [1.54, 1.807) is 37.3 Å². The largest absolute Gasteiger partial charge is 0.491 e. The van der Waals surface area contributed by atoms with Crippen LogP contribution in [0.2, 0.25) is 10.0 Å². The summed E-state index contributed by atoms with van der Waals surface area (Å²) in [5.74, 6) is -8.19. The van der Waals surface area contributed by atoms with Gasteiger partial charge in [0.05, 0.1) is 45.5 Å². The maximum atomic E-state index is 14.6. The second-order valence-corrected chi connectivity index (χ2v) is 14.2. The van der Waals surface area contributed by atoms with Gasteiger partial charge in [0.25, 0.3) is 11.8 Å². The van der Waals surface area contributed by atoms with E-state index in [1.807, 2.05) is 0 Å². The van der Waals surface area contributed by atoms with E-state index in [9.17, 15) is 41.8 Å². The second kappa shape index (κ2) is 12.8. The summed E-state index contributed by atoms with van der Waals surface area (Å²) in [5.41, 5.74) is -1.57. The highest BCUT2D eigenvalue weighted by Gasteiger charge is 2.68. The Balaban J connectivity index is 1.34. The van der Waals surface area contributed by atoms with Crippen molar-refractivity contribution in [1.82, 2.24) is 9.99 Å². The zero-order valence-corrected chi connectivity index (χ0v) is 29.0. The normalized spacial score (nSPS) is 27.0. The molecule has 272 valence electrons. The van der Waals surface area contributed by atoms with Crippen LogP contribution in [0.15, 0.2) is 66.2 Å². The maximum Gasteiger partial charge on any atom is 0.433 e. The molecule has 6 atom stereocenters. The zero-order valence-electron chi connectivity index (χ0n) is 27.5. The van der Waals surface area contributed by atoms with Crippen LogP contribution in [0, 0.1) is 34.9 Å². The number of alkyl halides is 3. The molecule has 3 heterocycles. The number of benzene rings is 2. The van der Waals surface area contributed by atoms with Crippen LogP contribution in [0.1, 0.15) is 36.9 Å². The summed E-state index contributed by atoms with van der Waals surface area (Å²) in [7, 11) is 1.22. The Morgan fingerprint density at radius 3 is 2.42 bits per heavy atom. The molecule has 0 unspecified atom stereocenters. The molecule has 4 aliphatic rings. The third-order valence-corrected chi connectivity index (χ3v) is 11.3. The molecule has 3 aromatic rings. The number of anilines is 2. The Bertz CT molecular complexity index is 2060. The summed E-state index contributed by atoms with van der Waals surface area (Å²) in [6.07, 6.45) is -3.02. The number of ether oxygens (including phenoxy) is 1. The van der Waals surface area contributed by atoms with E-state index in [2.05, 4.69) is 4.98 Å². The number of carbonyl (C=O) groups is 4. The van der Waals surface area contributed by atoms with Crippen LogP contribution < -0.4 is 14.6 Å². The van der Waals surface area contributed by atoms with Crippen LogP contribution in [0.25, 0.3) is 0 Å². The molecule has 2 aliphatic carbocycles. The third kappa shape index (κ3) is 5.36. The molecule has 16 heteroatoms. The number of aliphatic hydroxyl groups excluding tert-OH is 1. The lowest BCUT2D eigenvalue weighted by Crippen LogP contribution is -2.49. The molecule has 0 spiro atoms. The molecule has 7 rings (SSSR count). The van der Waals surface area contributed by atoms with Crippen molar-refractivity contribution >= 4 is 58.3 Å². The molecular formula is C36H30Cl2F4N4O6. The van der Waals surface area contributed by atoms with E-state index >= 15 is 0 Å². The smallest absolute Gasteiger partial charge is 0.433 e. The van der Waals surface area contributed by atoms with Gasteiger partial charge in [-0.05, 0) is 62.1 Å². The summed E-state index contributed by atoms with van der Waals surface area (Å²) in [6.45, 7) is 1.27. The molecule has 1 saturated carbocycles. The number of hydrogen-bond donors (Lipinski definition) is 1. The molecule has 4 amide bonds. The first-order valence-corrected chi connectivity index (χ1v) is 17.1. The van der Waals surface area contributed by atoms with Crippen molar-refractivity contribution in [3.05, 3.63) is 93.4 Å². The van der Waals surface area contributed by atoms with Gasteiger partial charge >= 0.3 is 6.18 Å². The molecule has 0 radical (unpaired) electrons. The first-order chi connectivity index (χ1) is 24.6.